The molecule has 1 aliphatic heterocycles. The highest BCUT2D eigenvalue weighted by molar-refractivity contribution is 7.89. The molecule has 1 saturated heterocycles. The number of sulfonamides is 1. The van der Waals surface area contributed by atoms with Crippen LogP contribution in [0.25, 0.3) is 0 Å². The third kappa shape index (κ3) is 3.90. The quantitative estimate of drug-likeness (QED) is 0.718. The van der Waals surface area contributed by atoms with Gasteiger partial charge in [0.1, 0.15) is 6.07 Å². The summed E-state index contributed by atoms with van der Waals surface area (Å²) >= 11 is 0. The third-order valence-electron chi connectivity index (χ3n) is 3.66. The standard InChI is InChI=1S/C15H17N3O5S/c1-12(19)17-6-8-18(9-7-17)24(21,22)14-4-2-3-13(11-14)15(20)23-10-5-16/h2-4,11H,6-10H2,1H3. The fourth-order valence-corrected chi connectivity index (χ4v) is 3.83. The molecule has 0 unspecified atom stereocenters. The van der Waals surface area contributed by atoms with Crippen molar-refractivity contribution < 1.29 is 22.7 Å². The van der Waals surface area contributed by atoms with Crippen LogP contribution in [0.15, 0.2) is 29.2 Å². The lowest BCUT2D eigenvalue weighted by atomic mass is 10.2. The zero-order valence-corrected chi connectivity index (χ0v) is 14.0. The number of esters is 1. The highest BCUT2D eigenvalue weighted by Crippen LogP contribution is 2.19. The van der Waals surface area contributed by atoms with E-state index >= 15 is 0 Å². The highest BCUT2D eigenvalue weighted by Gasteiger charge is 2.29. The van der Waals surface area contributed by atoms with Gasteiger partial charge in [-0.25, -0.2) is 13.2 Å². The maximum atomic E-state index is 12.7. The predicted molar refractivity (Wildman–Crippen MR) is 83.4 cm³/mol. The lowest BCUT2D eigenvalue weighted by Gasteiger charge is -2.33. The van der Waals surface area contributed by atoms with Crippen molar-refractivity contribution in [3.8, 4) is 6.07 Å². The molecule has 8 nitrogen and oxygen atoms in total. The first-order chi connectivity index (χ1) is 11.4. The number of rotatable bonds is 4. The molecule has 0 bridgehead atoms. The number of piperazine rings is 1. The summed E-state index contributed by atoms with van der Waals surface area (Å²) in [6.45, 7) is 2.11. The SMILES string of the molecule is CC(=O)N1CCN(S(=O)(=O)c2cccc(C(=O)OCC#N)c2)CC1. The van der Waals surface area contributed by atoms with Crippen molar-refractivity contribution in [3.05, 3.63) is 29.8 Å². The first-order valence-corrected chi connectivity index (χ1v) is 8.70. The van der Waals surface area contributed by atoms with Crippen LogP contribution in [0.2, 0.25) is 0 Å². The molecule has 1 aromatic carbocycles. The van der Waals surface area contributed by atoms with Crippen LogP contribution in [0.5, 0.6) is 0 Å². The lowest BCUT2D eigenvalue weighted by molar-refractivity contribution is -0.129. The molecule has 128 valence electrons. The Labute approximate surface area is 140 Å². The molecule has 1 amide bonds. The summed E-state index contributed by atoms with van der Waals surface area (Å²) < 4.78 is 31.3. The third-order valence-corrected chi connectivity index (χ3v) is 5.55. The van der Waals surface area contributed by atoms with Crippen molar-refractivity contribution in [1.82, 2.24) is 9.21 Å². The summed E-state index contributed by atoms with van der Waals surface area (Å²) in [6, 6.07) is 7.17. The molecular weight excluding hydrogens is 334 g/mol. The van der Waals surface area contributed by atoms with E-state index in [1.165, 1.54) is 35.5 Å². The Kier molecular flexibility index (Phi) is 5.54. The number of amides is 1. The first kappa shape index (κ1) is 17.9. The number of benzene rings is 1. The van der Waals surface area contributed by atoms with Gasteiger partial charge in [0.05, 0.1) is 10.5 Å². The number of nitrogens with zero attached hydrogens (tertiary/aromatic N) is 3. The summed E-state index contributed by atoms with van der Waals surface area (Å²) in [5.41, 5.74) is 0.0636. The van der Waals surface area contributed by atoms with Crippen molar-refractivity contribution in [2.24, 2.45) is 0 Å². The zero-order valence-electron chi connectivity index (χ0n) is 13.1. The molecule has 0 spiro atoms. The molecule has 2 rings (SSSR count). The van der Waals surface area contributed by atoms with Gasteiger partial charge in [0.25, 0.3) is 0 Å². The Morgan fingerprint density at radius 2 is 1.92 bits per heavy atom. The topological polar surface area (TPSA) is 108 Å². The molecule has 1 fully saturated rings. The second-order valence-electron chi connectivity index (χ2n) is 5.17. The highest BCUT2D eigenvalue weighted by atomic mass is 32.2. The maximum Gasteiger partial charge on any atom is 0.339 e. The number of hydrogen-bond acceptors (Lipinski definition) is 6. The Morgan fingerprint density at radius 1 is 1.25 bits per heavy atom. The van der Waals surface area contributed by atoms with Crippen LogP contribution in [0.4, 0.5) is 0 Å². The zero-order chi connectivity index (χ0) is 17.7. The van der Waals surface area contributed by atoms with E-state index in [0.29, 0.717) is 13.1 Å². The molecule has 0 atom stereocenters. The van der Waals surface area contributed by atoms with Gasteiger partial charge in [-0.3, -0.25) is 4.79 Å². The van der Waals surface area contributed by atoms with Crippen molar-refractivity contribution in [2.45, 2.75) is 11.8 Å². The molecule has 0 N–H and O–H groups in total. The molecule has 9 heteroatoms. The van der Waals surface area contributed by atoms with Crippen LogP contribution in [-0.2, 0) is 19.6 Å². The van der Waals surface area contributed by atoms with Crippen molar-refractivity contribution >= 4 is 21.9 Å². The monoisotopic (exact) mass is 351 g/mol. The van der Waals surface area contributed by atoms with Gasteiger partial charge in [0.2, 0.25) is 15.9 Å². The minimum Gasteiger partial charge on any atom is -0.447 e. The first-order valence-electron chi connectivity index (χ1n) is 7.26. The Balaban J connectivity index is 2.17. The van der Waals surface area contributed by atoms with Crippen LogP contribution in [0, 0.1) is 11.3 Å². The average Bonchev–Trinajstić information content (AvgIpc) is 2.59. The van der Waals surface area contributed by atoms with Crippen molar-refractivity contribution in [1.29, 1.82) is 5.26 Å². The smallest absolute Gasteiger partial charge is 0.339 e. The molecule has 1 aliphatic rings. The van der Waals surface area contributed by atoms with E-state index < -0.39 is 22.6 Å². The number of carbonyl (C=O) groups excluding carboxylic acids is 2. The fraction of sp³-hybridized carbons (Fsp3) is 0.400. The molecule has 0 aromatic heterocycles. The molecular formula is C15H17N3O5S. The average molecular weight is 351 g/mol. The van der Waals surface area contributed by atoms with E-state index in [1.54, 1.807) is 11.0 Å². The molecule has 1 aromatic rings. The van der Waals surface area contributed by atoms with Crippen LogP contribution in [0.3, 0.4) is 0 Å². The second kappa shape index (κ2) is 7.42. The number of nitriles is 1. The predicted octanol–water partition coefficient (Wildman–Crippen LogP) is 0.220. The van der Waals surface area contributed by atoms with Gasteiger partial charge in [-0.05, 0) is 18.2 Å². The molecule has 0 saturated carbocycles. The van der Waals surface area contributed by atoms with E-state index in [-0.39, 0.29) is 29.5 Å². The Morgan fingerprint density at radius 3 is 2.50 bits per heavy atom. The summed E-state index contributed by atoms with van der Waals surface area (Å²) in [4.78, 5) is 24.6. The summed E-state index contributed by atoms with van der Waals surface area (Å²) in [5, 5.41) is 8.42. The van der Waals surface area contributed by atoms with Crippen LogP contribution < -0.4 is 0 Å². The van der Waals surface area contributed by atoms with E-state index in [9.17, 15) is 18.0 Å². The van der Waals surface area contributed by atoms with E-state index in [2.05, 4.69) is 4.74 Å². The van der Waals surface area contributed by atoms with Gasteiger partial charge >= 0.3 is 5.97 Å². The summed E-state index contributed by atoms with van der Waals surface area (Å²) in [5.74, 6) is -0.843. The van der Waals surface area contributed by atoms with Gasteiger partial charge in [0.15, 0.2) is 6.61 Å². The van der Waals surface area contributed by atoms with Crippen LogP contribution in [-0.4, -0.2) is 62.3 Å². The molecule has 24 heavy (non-hydrogen) atoms. The lowest BCUT2D eigenvalue weighted by Crippen LogP contribution is -2.49. The van der Waals surface area contributed by atoms with Gasteiger partial charge in [-0.2, -0.15) is 9.57 Å². The summed E-state index contributed by atoms with van der Waals surface area (Å²) in [6.07, 6.45) is 0. The van der Waals surface area contributed by atoms with E-state index in [0.717, 1.165) is 0 Å². The fourth-order valence-electron chi connectivity index (χ4n) is 2.36. The number of ether oxygens (including phenoxy) is 1. The maximum absolute atomic E-state index is 12.7. The van der Waals surface area contributed by atoms with Crippen molar-refractivity contribution in [2.75, 3.05) is 32.8 Å². The largest absolute Gasteiger partial charge is 0.447 e. The molecule has 1 heterocycles. The molecule has 0 radical (unpaired) electrons. The van der Waals surface area contributed by atoms with E-state index in [4.69, 9.17) is 5.26 Å². The van der Waals surface area contributed by atoms with Gasteiger partial charge < -0.3 is 9.64 Å². The van der Waals surface area contributed by atoms with E-state index in [1.807, 2.05) is 0 Å². The van der Waals surface area contributed by atoms with Crippen LogP contribution in [0.1, 0.15) is 17.3 Å². The van der Waals surface area contributed by atoms with Gasteiger partial charge in [-0.15, -0.1) is 0 Å². The number of hydrogen-bond donors (Lipinski definition) is 0. The Bertz CT molecular complexity index is 777. The minimum atomic E-state index is -3.77. The van der Waals surface area contributed by atoms with Crippen molar-refractivity contribution in [3.63, 3.8) is 0 Å². The second-order valence-corrected chi connectivity index (χ2v) is 7.11. The van der Waals surface area contributed by atoms with Gasteiger partial charge in [-0.1, -0.05) is 6.07 Å². The minimum absolute atomic E-state index is 0.0230. The Hall–Kier alpha value is -2.44. The van der Waals surface area contributed by atoms with Crippen LogP contribution >= 0.6 is 0 Å². The number of carbonyl (C=O) groups is 2. The molecule has 0 aliphatic carbocycles. The van der Waals surface area contributed by atoms with Gasteiger partial charge in [0, 0.05) is 33.1 Å². The normalized spacial score (nSPS) is 15.6. The summed E-state index contributed by atoms with van der Waals surface area (Å²) in [7, 11) is -3.77.